The van der Waals surface area contributed by atoms with Gasteiger partial charge < -0.3 is 5.11 Å². The lowest BCUT2D eigenvalue weighted by Crippen LogP contribution is -2.29. The van der Waals surface area contributed by atoms with Crippen LogP contribution in [0.25, 0.3) is 6.08 Å². The molecule has 1 saturated heterocycles. The molecule has 0 radical (unpaired) electrons. The summed E-state index contributed by atoms with van der Waals surface area (Å²) in [5.41, 5.74) is -1.17. The second-order valence-corrected chi connectivity index (χ2v) is 5.86. The minimum absolute atomic E-state index is 0.00391. The van der Waals surface area contributed by atoms with Crippen LogP contribution in [0.3, 0.4) is 0 Å². The molecule has 1 aromatic rings. The van der Waals surface area contributed by atoms with Crippen LogP contribution in [0.1, 0.15) is 24.0 Å². The van der Waals surface area contributed by atoms with Gasteiger partial charge in [0.25, 0.3) is 11.1 Å². The number of unbranched alkanes of at least 4 members (excludes halogenated alkanes) is 1. The van der Waals surface area contributed by atoms with Crippen LogP contribution in [-0.4, -0.2) is 27.7 Å². The van der Waals surface area contributed by atoms with Gasteiger partial charge >= 0.3 is 6.18 Å². The maximum Gasteiger partial charge on any atom is 0.419 e. The van der Waals surface area contributed by atoms with E-state index in [4.69, 9.17) is 5.26 Å². The lowest BCUT2D eigenvalue weighted by atomic mass is 10.1. The van der Waals surface area contributed by atoms with Crippen molar-refractivity contribution >= 4 is 29.0 Å². The monoisotopic (exact) mass is 356 g/mol. The summed E-state index contributed by atoms with van der Waals surface area (Å²) in [4.78, 5) is 24.9. The van der Waals surface area contributed by atoms with E-state index >= 15 is 0 Å². The zero-order chi connectivity index (χ0) is 17.9. The first kappa shape index (κ1) is 17.9. The van der Waals surface area contributed by atoms with E-state index in [0.29, 0.717) is 24.2 Å². The van der Waals surface area contributed by atoms with E-state index in [1.165, 1.54) is 12.1 Å². The van der Waals surface area contributed by atoms with Crippen molar-refractivity contribution in [3.8, 4) is 11.8 Å². The molecule has 0 unspecified atom stereocenters. The highest BCUT2D eigenvalue weighted by atomic mass is 32.2. The third kappa shape index (κ3) is 3.89. The lowest BCUT2D eigenvalue weighted by Gasteiger charge is -2.11. The summed E-state index contributed by atoms with van der Waals surface area (Å²) in [6.45, 7) is 0.0823. The molecule has 2 rings (SSSR count). The van der Waals surface area contributed by atoms with Crippen LogP contribution in [0.2, 0.25) is 0 Å². The first-order valence-corrected chi connectivity index (χ1v) is 7.58. The molecule has 5 nitrogen and oxygen atoms in total. The Bertz CT molecular complexity index is 753. The molecule has 0 aromatic heterocycles. The van der Waals surface area contributed by atoms with Crippen LogP contribution in [-0.2, 0) is 11.0 Å². The first-order valence-electron chi connectivity index (χ1n) is 6.76. The average molecular weight is 356 g/mol. The molecule has 1 aliphatic rings. The summed E-state index contributed by atoms with van der Waals surface area (Å²) in [6.07, 6.45) is -3.04. The van der Waals surface area contributed by atoms with Crippen LogP contribution in [0.4, 0.5) is 18.0 Å². The second kappa shape index (κ2) is 6.97. The van der Waals surface area contributed by atoms with Gasteiger partial charge in [-0.15, -0.1) is 0 Å². The van der Waals surface area contributed by atoms with Crippen molar-refractivity contribution in [3.05, 3.63) is 34.2 Å². The number of carbonyl (C=O) groups is 2. The van der Waals surface area contributed by atoms with E-state index in [1.807, 2.05) is 6.07 Å². The molecule has 0 atom stereocenters. The summed E-state index contributed by atoms with van der Waals surface area (Å²) in [5.74, 6) is -1.52. The van der Waals surface area contributed by atoms with Crippen LogP contribution in [0, 0.1) is 11.3 Å². The summed E-state index contributed by atoms with van der Waals surface area (Å²) >= 11 is 0.624. The molecule has 0 aliphatic carbocycles. The van der Waals surface area contributed by atoms with E-state index in [2.05, 4.69) is 0 Å². The van der Waals surface area contributed by atoms with Gasteiger partial charge in [-0.1, -0.05) is 6.07 Å². The number of halogens is 3. The van der Waals surface area contributed by atoms with Crippen LogP contribution in [0.5, 0.6) is 5.75 Å². The Kier molecular flexibility index (Phi) is 5.19. The molecule has 1 aromatic carbocycles. The second-order valence-electron chi connectivity index (χ2n) is 4.87. The van der Waals surface area contributed by atoms with Gasteiger partial charge in [0.2, 0.25) is 0 Å². The molecule has 2 amide bonds. The molecule has 1 N–H and O–H groups in total. The Balaban J connectivity index is 2.25. The third-order valence-corrected chi connectivity index (χ3v) is 4.08. The predicted octanol–water partition coefficient (Wildman–Crippen LogP) is 3.75. The van der Waals surface area contributed by atoms with Crippen molar-refractivity contribution in [2.24, 2.45) is 0 Å². The van der Waals surface area contributed by atoms with E-state index in [-0.39, 0.29) is 23.4 Å². The molecular formula is C15H11F3N2O3S. The number of nitriles is 1. The number of rotatable bonds is 4. The molecule has 24 heavy (non-hydrogen) atoms. The lowest BCUT2D eigenvalue weighted by molar-refractivity contribution is -0.138. The van der Waals surface area contributed by atoms with Gasteiger partial charge in [-0.3, -0.25) is 14.5 Å². The largest absolute Gasteiger partial charge is 0.507 e. The van der Waals surface area contributed by atoms with Crippen LogP contribution < -0.4 is 0 Å². The fourth-order valence-corrected chi connectivity index (χ4v) is 2.90. The normalized spacial score (nSPS) is 16.8. The van der Waals surface area contributed by atoms with E-state index in [0.717, 1.165) is 11.0 Å². The Morgan fingerprint density at radius 1 is 1.33 bits per heavy atom. The molecule has 9 heteroatoms. The summed E-state index contributed by atoms with van der Waals surface area (Å²) in [7, 11) is 0. The number of benzene rings is 1. The van der Waals surface area contributed by atoms with Gasteiger partial charge in [0.15, 0.2) is 0 Å². The maximum absolute atomic E-state index is 12.8. The number of hydrogen-bond donors (Lipinski definition) is 1. The topological polar surface area (TPSA) is 81.4 Å². The van der Waals surface area contributed by atoms with Gasteiger partial charge in [0.1, 0.15) is 5.75 Å². The van der Waals surface area contributed by atoms with Crippen molar-refractivity contribution in [2.75, 3.05) is 6.54 Å². The molecule has 1 fully saturated rings. The third-order valence-electron chi connectivity index (χ3n) is 3.17. The number of hydrogen-bond acceptors (Lipinski definition) is 5. The molecule has 0 bridgehead atoms. The average Bonchev–Trinajstić information content (AvgIpc) is 2.75. The summed E-state index contributed by atoms with van der Waals surface area (Å²) in [5, 5.41) is 17.2. The molecule has 1 heterocycles. The van der Waals surface area contributed by atoms with Crippen molar-refractivity contribution < 1.29 is 27.9 Å². The minimum Gasteiger partial charge on any atom is -0.507 e. The summed E-state index contributed by atoms with van der Waals surface area (Å²) in [6, 6.07) is 4.70. The van der Waals surface area contributed by atoms with Crippen LogP contribution >= 0.6 is 11.8 Å². The smallest absolute Gasteiger partial charge is 0.419 e. The number of imide groups is 1. The molecule has 0 saturated carbocycles. The number of phenols is 1. The number of amides is 2. The van der Waals surface area contributed by atoms with Crippen molar-refractivity contribution in [1.82, 2.24) is 4.90 Å². The SMILES string of the molecule is N#CCCCN1C(=O)S/C(=C/c2ccc(O)c(C(F)(F)F)c2)C1=O. The predicted molar refractivity (Wildman–Crippen MR) is 80.6 cm³/mol. The molecular weight excluding hydrogens is 345 g/mol. The van der Waals surface area contributed by atoms with E-state index < -0.39 is 28.6 Å². The highest BCUT2D eigenvalue weighted by molar-refractivity contribution is 8.18. The quantitative estimate of drug-likeness (QED) is 0.656. The highest BCUT2D eigenvalue weighted by Crippen LogP contribution is 2.38. The maximum atomic E-state index is 12.8. The van der Waals surface area contributed by atoms with Gasteiger partial charge in [0, 0.05) is 13.0 Å². The van der Waals surface area contributed by atoms with E-state index in [9.17, 15) is 27.9 Å². The Morgan fingerprint density at radius 3 is 2.67 bits per heavy atom. The number of nitrogens with zero attached hydrogens (tertiary/aromatic N) is 2. The Morgan fingerprint density at radius 2 is 2.04 bits per heavy atom. The number of alkyl halides is 3. The summed E-state index contributed by atoms with van der Waals surface area (Å²) < 4.78 is 38.3. The minimum atomic E-state index is -4.73. The Labute approximate surface area is 139 Å². The van der Waals surface area contributed by atoms with Gasteiger partial charge in [-0.2, -0.15) is 18.4 Å². The van der Waals surface area contributed by atoms with Gasteiger partial charge in [-0.25, -0.2) is 0 Å². The van der Waals surface area contributed by atoms with Crippen molar-refractivity contribution in [1.29, 1.82) is 5.26 Å². The van der Waals surface area contributed by atoms with E-state index in [1.54, 1.807) is 0 Å². The van der Waals surface area contributed by atoms with Gasteiger partial charge in [-0.05, 0) is 42.0 Å². The molecule has 126 valence electrons. The number of aromatic hydroxyl groups is 1. The van der Waals surface area contributed by atoms with Crippen molar-refractivity contribution in [3.63, 3.8) is 0 Å². The zero-order valence-corrected chi connectivity index (χ0v) is 12.9. The number of phenolic OH excluding ortho intramolecular Hbond substituents is 1. The van der Waals surface area contributed by atoms with Gasteiger partial charge in [0.05, 0.1) is 16.5 Å². The zero-order valence-electron chi connectivity index (χ0n) is 12.1. The fourth-order valence-electron chi connectivity index (χ4n) is 2.03. The Hall–Kier alpha value is -2.47. The number of thioether (sulfide) groups is 1. The number of carbonyl (C=O) groups excluding carboxylic acids is 2. The van der Waals surface area contributed by atoms with Crippen LogP contribution in [0.15, 0.2) is 23.1 Å². The molecule has 1 aliphatic heterocycles. The standard InChI is InChI=1S/C15H11F3N2O3S/c16-15(17,18)10-7-9(3-4-11(10)21)8-12-13(22)20(14(23)24-12)6-2-1-5-19/h3-4,7-8,21H,1-2,6H2/b12-8+. The highest BCUT2D eigenvalue weighted by Gasteiger charge is 2.36. The molecule has 0 spiro atoms. The van der Waals surface area contributed by atoms with Crippen molar-refractivity contribution in [2.45, 2.75) is 19.0 Å². The first-order chi connectivity index (χ1) is 11.2. The fraction of sp³-hybridized carbons (Fsp3) is 0.267.